The first-order chi connectivity index (χ1) is 14.9. The number of carbonyl (C=O) groups excluding carboxylic acids is 2. The summed E-state index contributed by atoms with van der Waals surface area (Å²) >= 11 is 6.04. The summed E-state index contributed by atoms with van der Waals surface area (Å²) in [5, 5.41) is 3.72. The fourth-order valence-corrected chi connectivity index (χ4v) is 3.72. The zero-order valence-electron chi connectivity index (χ0n) is 17.4. The summed E-state index contributed by atoms with van der Waals surface area (Å²) in [5.74, 6) is -0.425. The zero-order valence-corrected chi connectivity index (χ0v) is 18.2. The van der Waals surface area contributed by atoms with Crippen LogP contribution in [0.5, 0.6) is 5.75 Å². The molecule has 1 heterocycles. The molecule has 156 valence electrons. The highest BCUT2D eigenvalue weighted by atomic mass is 35.5. The van der Waals surface area contributed by atoms with Gasteiger partial charge in [0.25, 0.3) is 11.8 Å². The highest BCUT2D eigenvalue weighted by Gasteiger charge is 2.41. The lowest BCUT2D eigenvalue weighted by Crippen LogP contribution is -2.32. The van der Waals surface area contributed by atoms with Crippen LogP contribution in [0.1, 0.15) is 16.7 Å². The van der Waals surface area contributed by atoms with E-state index in [1.165, 1.54) is 7.11 Å². The lowest BCUT2D eigenvalue weighted by molar-refractivity contribution is -0.120. The first-order valence-electron chi connectivity index (χ1n) is 9.76. The van der Waals surface area contributed by atoms with Gasteiger partial charge in [-0.3, -0.25) is 9.59 Å². The number of anilines is 2. The molecule has 0 spiro atoms. The van der Waals surface area contributed by atoms with Crippen molar-refractivity contribution in [2.75, 3.05) is 17.3 Å². The van der Waals surface area contributed by atoms with Gasteiger partial charge in [-0.2, -0.15) is 0 Å². The smallest absolute Gasteiger partial charge is 0.282 e. The molecule has 31 heavy (non-hydrogen) atoms. The molecule has 0 radical (unpaired) electrons. The number of hydrogen-bond donors (Lipinski definition) is 1. The monoisotopic (exact) mass is 432 g/mol. The summed E-state index contributed by atoms with van der Waals surface area (Å²) in [4.78, 5) is 28.3. The topological polar surface area (TPSA) is 58.6 Å². The van der Waals surface area contributed by atoms with Crippen LogP contribution >= 0.6 is 11.6 Å². The van der Waals surface area contributed by atoms with Crippen molar-refractivity contribution < 1.29 is 14.3 Å². The third-order valence-electron chi connectivity index (χ3n) is 5.08. The number of halogens is 1. The molecular formula is C25H21ClN2O3. The van der Waals surface area contributed by atoms with E-state index in [-0.39, 0.29) is 11.3 Å². The Bertz CT molecular complexity index is 1220. The average molecular weight is 433 g/mol. The van der Waals surface area contributed by atoms with Crippen LogP contribution in [0.4, 0.5) is 11.4 Å². The Morgan fingerprint density at radius 2 is 1.58 bits per heavy atom. The number of rotatable bonds is 5. The SMILES string of the molecule is COc1ccc(C)cc1N1C(=O)C(Nc2cccc(C)c2)=C(c2ccc(Cl)cc2)C1=O. The van der Waals surface area contributed by atoms with Crippen LogP contribution in [0.2, 0.25) is 5.02 Å². The molecule has 1 N–H and O–H groups in total. The molecule has 0 saturated heterocycles. The molecule has 3 aromatic rings. The predicted octanol–water partition coefficient (Wildman–Crippen LogP) is 5.36. The quantitative estimate of drug-likeness (QED) is 0.551. The van der Waals surface area contributed by atoms with Gasteiger partial charge in [0, 0.05) is 10.7 Å². The lowest BCUT2D eigenvalue weighted by atomic mass is 10.0. The van der Waals surface area contributed by atoms with Crippen molar-refractivity contribution in [2.24, 2.45) is 0 Å². The summed E-state index contributed by atoms with van der Waals surface area (Å²) in [5.41, 5.74) is 4.17. The minimum absolute atomic E-state index is 0.210. The average Bonchev–Trinajstić information content (AvgIpc) is 2.98. The Morgan fingerprint density at radius 1 is 0.871 bits per heavy atom. The second-order valence-electron chi connectivity index (χ2n) is 7.37. The maximum absolute atomic E-state index is 13.6. The molecule has 0 bridgehead atoms. The summed E-state index contributed by atoms with van der Waals surface area (Å²) in [6.45, 7) is 3.86. The molecule has 0 fully saturated rings. The van der Waals surface area contributed by atoms with Gasteiger partial charge in [0.15, 0.2) is 0 Å². The van der Waals surface area contributed by atoms with Gasteiger partial charge < -0.3 is 10.1 Å². The molecule has 6 heteroatoms. The van der Waals surface area contributed by atoms with Gasteiger partial charge in [-0.05, 0) is 66.9 Å². The highest BCUT2D eigenvalue weighted by molar-refractivity contribution is 6.46. The lowest BCUT2D eigenvalue weighted by Gasteiger charge is -2.19. The summed E-state index contributed by atoms with van der Waals surface area (Å²) in [7, 11) is 1.51. The maximum atomic E-state index is 13.6. The van der Waals surface area contributed by atoms with Gasteiger partial charge in [0.05, 0.1) is 18.4 Å². The number of hydrogen-bond acceptors (Lipinski definition) is 4. The van der Waals surface area contributed by atoms with Gasteiger partial charge in [0.2, 0.25) is 0 Å². The van der Waals surface area contributed by atoms with Gasteiger partial charge in [-0.15, -0.1) is 0 Å². The highest BCUT2D eigenvalue weighted by Crippen LogP contribution is 2.38. The molecule has 1 aliphatic heterocycles. The molecule has 0 aromatic heterocycles. The van der Waals surface area contributed by atoms with Crippen molar-refractivity contribution in [3.8, 4) is 5.75 Å². The number of nitrogens with one attached hydrogen (secondary N) is 1. The molecule has 1 aliphatic rings. The minimum atomic E-state index is -0.444. The first-order valence-corrected chi connectivity index (χ1v) is 10.1. The van der Waals surface area contributed by atoms with Crippen LogP contribution in [-0.4, -0.2) is 18.9 Å². The van der Waals surface area contributed by atoms with E-state index >= 15 is 0 Å². The standard InChI is InChI=1S/C25H21ClN2O3/c1-15-5-4-6-19(13-15)27-23-22(17-8-10-18(26)11-9-17)24(29)28(25(23)30)20-14-16(2)7-12-21(20)31-3/h4-14,27H,1-3H3. The molecule has 4 rings (SSSR count). The van der Waals surface area contributed by atoms with Crippen LogP contribution in [0.3, 0.4) is 0 Å². The van der Waals surface area contributed by atoms with Crippen molar-refractivity contribution in [1.29, 1.82) is 0 Å². The molecule has 0 atom stereocenters. The van der Waals surface area contributed by atoms with E-state index in [1.54, 1.807) is 36.4 Å². The molecular weight excluding hydrogens is 412 g/mol. The van der Waals surface area contributed by atoms with Gasteiger partial charge in [-0.1, -0.05) is 41.9 Å². The molecule has 5 nitrogen and oxygen atoms in total. The predicted molar refractivity (Wildman–Crippen MR) is 123 cm³/mol. The van der Waals surface area contributed by atoms with E-state index in [0.29, 0.717) is 22.0 Å². The van der Waals surface area contributed by atoms with E-state index in [9.17, 15) is 9.59 Å². The van der Waals surface area contributed by atoms with E-state index in [0.717, 1.165) is 21.7 Å². The number of amides is 2. The van der Waals surface area contributed by atoms with Crippen molar-refractivity contribution in [2.45, 2.75) is 13.8 Å². The number of methoxy groups -OCH3 is 1. The second-order valence-corrected chi connectivity index (χ2v) is 7.81. The van der Waals surface area contributed by atoms with E-state index in [2.05, 4.69) is 5.32 Å². The van der Waals surface area contributed by atoms with E-state index in [4.69, 9.17) is 16.3 Å². The number of benzene rings is 3. The molecule has 2 amide bonds. The van der Waals surface area contributed by atoms with Gasteiger partial charge in [-0.25, -0.2) is 4.90 Å². The zero-order chi connectivity index (χ0) is 22.1. The fourth-order valence-electron chi connectivity index (χ4n) is 3.59. The fraction of sp³-hybridized carbons (Fsp3) is 0.120. The summed E-state index contributed by atoms with van der Waals surface area (Å²) < 4.78 is 5.43. The van der Waals surface area contributed by atoms with Crippen molar-refractivity contribution in [3.63, 3.8) is 0 Å². The number of aryl methyl sites for hydroxylation is 2. The van der Waals surface area contributed by atoms with Gasteiger partial charge in [0.1, 0.15) is 11.4 Å². The Labute approximate surface area is 185 Å². The third-order valence-corrected chi connectivity index (χ3v) is 5.33. The first kappa shape index (κ1) is 20.7. The van der Waals surface area contributed by atoms with Crippen molar-refractivity contribution >= 4 is 40.4 Å². The summed E-state index contributed by atoms with van der Waals surface area (Å²) in [6.07, 6.45) is 0. The van der Waals surface area contributed by atoms with E-state index in [1.807, 2.05) is 44.2 Å². The normalized spacial score (nSPS) is 13.7. The Hall–Kier alpha value is -3.57. The van der Waals surface area contributed by atoms with Crippen LogP contribution in [-0.2, 0) is 9.59 Å². The van der Waals surface area contributed by atoms with Gasteiger partial charge >= 0.3 is 0 Å². The number of imide groups is 1. The van der Waals surface area contributed by atoms with Crippen molar-refractivity contribution in [1.82, 2.24) is 0 Å². The molecule has 3 aromatic carbocycles. The van der Waals surface area contributed by atoms with Crippen LogP contribution < -0.4 is 15.0 Å². The number of carbonyl (C=O) groups is 2. The third kappa shape index (κ3) is 3.92. The molecule has 0 saturated carbocycles. The van der Waals surface area contributed by atoms with Crippen LogP contribution in [0.25, 0.3) is 5.57 Å². The second kappa shape index (κ2) is 8.28. The van der Waals surface area contributed by atoms with E-state index < -0.39 is 11.8 Å². The Morgan fingerprint density at radius 3 is 2.26 bits per heavy atom. The number of ether oxygens (including phenoxy) is 1. The van der Waals surface area contributed by atoms with Crippen LogP contribution in [0, 0.1) is 13.8 Å². The molecule has 0 unspecified atom stereocenters. The Balaban J connectivity index is 1.86. The van der Waals surface area contributed by atoms with Crippen LogP contribution in [0.15, 0.2) is 72.4 Å². The molecule has 0 aliphatic carbocycles. The minimum Gasteiger partial charge on any atom is -0.495 e. The number of nitrogens with zero attached hydrogens (tertiary/aromatic N) is 1. The maximum Gasteiger partial charge on any atom is 0.282 e. The Kier molecular flexibility index (Phi) is 5.53. The largest absolute Gasteiger partial charge is 0.495 e. The van der Waals surface area contributed by atoms with Crippen molar-refractivity contribution in [3.05, 3.63) is 94.1 Å². The summed E-state index contributed by atoms with van der Waals surface area (Å²) in [6, 6.07) is 19.9.